The summed E-state index contributed by atoms with van der Waals surface area (Å²) in [4.78, 5) is 16.2. The Morgan fingerprint density at radius 2 is 2.08 bits per heavy atom. The molecule has 5 nitrogen and oxygen atoms in total. The number of amides is 1. The average molecular weight is 338 g/mol. The molecule has 1 heterocycles. The van der Waals surface area contributed by atoms with E-state index in [4.69, 9.17) is 0 Å². The summed E-state index contributed by atoms with van der Waals surface area (Å²) >= 11 is 0. The summed E-state index contributed by atoms with van der Waals surface area (Å²) in [7, 11) is 0. The number of nitrogens with one attached hydrogen (secondary N) is 2. The number of carbonyl (C=O) groups is 1. The number of carbonyl (C=O) groups excluding carboxylic acids is 1. The third-order valence-corrected chi connectivity index (χ3v) is 4.12. The fourth-order valence-electron chi connectivity index (χ4n) is 2.79. The van der Waals surface area contributed by atoms with Crippen molar-refractivity contribution in [3.05, 3.63) is 41.5 Å². The van der Waals surface area contributed by atoms with E-state index < -0.39 is 11.8 Å². The maximum absolute atomic E-state index is 13.2. The van der Waals surface area contributed by atoms with Gasteiger partial charge in [0.05, 0.1) is 0 Å². The van der Waals surface area contributed by atoms with Gasteiger partial charge in [0.15, 0.2) is 0 Å². The molecule has 1 aromatic carbocycles. The van der Waals surface area contributed by atoms with Gasteiger partial charge in [-0.15, -0.1) is 5.10 Å². The summed E-state index contributed by atoms with van der Waals surface area (Å²) in [5.74, 6) is -3.22. The number of aromatic amines is 1. The number of hydrogen-bond acceptors (Lipinski definition) is 3. The zero-order chi connectivity index (χ0) is 17.2. The van der Waals surface area contributed by atoms with Gasteiger partial charge in [-0.3, -0.25) is 15.2 Å². The Kier molecular flexibility index (Phi) is 4.55. The molecule has 0 spiro atoms. The van der Waals surface area contributed by atoms with E-state index in [1.165, 1.54) is 12.1 Å². The number of benzene rings is 1. The Bertz CT molecular complexity index is 722. The van der Waals surface area contributed by atoms with Crippen molar-refractivity contribution >= 4 is 11.9 Å². The van der Waals surface area contributed by atoms with Crippen molar-refractivity contribution in [1.82, 2.24) is 15.2 Å². The predicted octanol–water partition coefficient (Wildman–Crippen LogP) is 3.30. The standard InChI is InChI=1S/C16H17F3N4O/c17-12-3-1-2-10(8-12)9-13-20-15(23-22-13)21-14(24)11-4-6-16(18,19)7-5-11/h1-3,8,11H,4-7,9H2,(H2,20,21,22,23,24). The Morgan fingerprint density at radius 1 is 1.33 bits per heavy atom. The highest BCUT2D eigenvalue weighted by molar-refractivity contribution is 5.90. The van der Waals surface area contributed by atoms with Gasteiger partial charge in [-0.25, -0.2) is 13.2 Å². The number of halogens is 3. The molecule has 3 rings (SSSR count). The molecule has 0 atom stereocenters. The van der Waals surface area contributed by atoms with E-state index in [0.29, 0.717) is 12.2 Å². The first-order valence-electron chi connectivity index (χ1n) is 7.76. The molecule has 2 aromatic rings. The fraction of sp³-hybridized carbons (Fsp3) is 0.438. The van der Waals surface area contributed by atoms with Crippen LogP contribution in [-0.4, -0.2) is 27.0 Å². The molecule has 0 radical (unpaired) electrons. The number of alkyl halides is 2. The van der Waals surface area contributed by atoms with Crippen molar-refractivity contribution in [1.29, 1.82) is 0 Å². The molecule has 1 amide bonds. The molecule has 1 aromatic heterocycles. The van der Waals surface area contributed by atoms with Gasteiger partial charge < -0.3 is 0 Å². The number of H-pyrrole nitrogens is 1. The van der Waals surface area contributed by atoms with Gasteiger partial charge >= 0.3 is 0 Å². The van der Waals surface area contributed by atoms with E-state index in [-0.39, 0.29) is 43.4 Å². The van der Waals surface area contributed by atoms with Crippen LogP contribution in [0, 0.1) is 11.7 Å². The van der Waals surface area contributed by atoms with Crippen LogP contribution < -0.4 is 5.32 Å². The molecule has 128 valence electrons. The van der Waals surface area contributed by atoms with Gasteiger partial charge in [-0.05, 0) is 30.5 Å². The maximum Gasteiger partial charge on any atom is 0.248 e. The third kappa shape index (κ3) is 4.12. The first-order chi connectivity index (χ1) is 11.4. The van der Waals surface area contributed by atoms with Crippen LogP contribution in [0.4, 0.5) is 19.1 Å². The van der Waals surface area contributed by atoms with Crippen molar-refractivity contribution in [2.24, 2.45) is 5.92 Å². The zero-order valence-electron chi connectivity index (χ0n) is 12.9. The highest BCUT2D eigenvalue weighted by Gasteiger charge is 2.37. The van der Waals surface area contributed by atoms with Crippen molar-refractivity contribution in [2.45, 2.75) is 38.0 Å². The Labute approximate surface area is 136 Å². The number of aromatic nitrogens is 3. The van der Waals surface area contributed by atoms with Crippen LogP contribution in [0.15, 0.2) is 24.3 Å². The van der Waals surface area contributed by atoms with Gasteiger partial charge in [0.25, 0.3) is 0 Å². The molecular formula is C16H17F3N4O. The summed E-state index contributed by atoms with van der Waals surface area (Å²) in [5.41, 5.74) is 0.721. The lowest BCUT2D eigenvalue weighted by molar-refractivity contribution is -0.124. The third-order valence-electron chi connectivity index (χ3n) is 4.12. The fourth-order valence-corrected chi connectivity index (χ4v) is 2.79. The highest BCUT2D eigenvalue weighted by Crippen LogP contribution is 2.36. The molecule has 0 unspecified atom stereocenters. The number of rotatable bonds is 4. The van der Waals surface area contributed by atoms with E-state index in [0.717, 1.165) is 5.56 Å². The smallest absolute Gasteiger partial charge is 0.248 e. The molecule has 1 fully saturated rings. The van der Waals surface area contributed by atoms with E-state index in [1.54, 1.807) is 12.1 Å². The minimum atomic E-state index is -2.67. The van der Waals surface area contributed by atoms with E-state index >= 15 is 0 Å². The van der Waals surface area contributed by atoms with E-state index in [9.17, 15) is 18.0 Å². The van der Waals surface area contributed by atoms with Gasteiger partial charge in [-0.1, -0.05) is 12.1 Å². The van der Waals surface area contributed by atoms with Crippen LogP contribution in [0.2, 0.25) is 0 Å². The van der Waals surface area contributed by atoms with Crippen LogP contribution in [0.3, 0.4) is 0 Å². The van der Waals surface area contributed by atoms with Crippen molar-refractivity contribution in [2.75, 3.05) is 5.32 Å². The lowest BCUT2D eigenvalue weighted by Crippen LogP contribution is -2.32. The largest absolute Gasteiger partial charge is 0.293 e. The second kappa shape index (κ2) is 6.62. The zero-order valence-corrected chi connectivity index (χ0v) is 12.9. The average Bonchev–Trinajstić information content (AvgIpc) is 2.94. The van der Waals surface area contributed by atoms with Crippen molar-refractivity contribution < 1.29 is 18.0 Å². The first kappa shape index (κ1) is 16.5. The molecule has 8 heteroatoms. The minimum absolute atomic E-state index is 0.101. The Morgan fingerprint density at radius 3 is 2.79 bits per heavy atom. The van der Waals surface area contributed by atoms with Gasteiger partial charge in [0.2, 0.25) is 17.8 Å². The summed E-state index contributed by atoms with van der Waals surface area (Å²) < 4.78 is 39.4. The normalized spacial score (nSPS) is 17.6. The molecule has 0 saturated heterocycles. The number of hydrogen-bond donors (Lipinski definition) is 2. The van der Waals surface area contributed by atoms with Crippen molar-refractivity contribution in [3.8, 4) is 0 Å². The maximum atomic E-state index is 13.2. The van der Waals surface area contributed by atoms with Crippen LogP contribution in [-0.2, 0) is 11.2 Å². The summed E-state index contributed by atoms with van der Waals surface area (Å²) in [6.45, 7) is 0. The summed E-state index contributed by atoms with van der Waals surface area (Å²) in [6, 6.07) is 6.10. The van der Waals surface area contributed by atoms with E-state index in [1.807, 2.05) is 0 Å². The van der Waals surface area contributed by atoms with Gasteiger partial charge in [0.1, 0.15) is 11.6 Å². The SMILES string of the molecule is O=C(Nc1n[nH]c(Cc2cccc(F)c2)n1)C1CCC(F)(F)CC1. The Hall–Kier alpha value is -2.38. The molecule has 0 bridgehead atoms. The molecule has 1 aliphatic rings. The van der Waals surface area contributed by atoms with Gasteiger partial charge in [-0.2, -0.15) is 4.98 Å². The molecule has 2 N–H and O–H groups in total. The van der Waals surface area contributed by atoms with Crippen molar-refractivity contribution in [3.63, 3.8) is 0 Å². The Balaban J connectivity index is 1.57. The predicted molar refractivity (Wildman–Crippen MR) is 81.1 cm³/mol. The number of anilines is 1. The van der Waals surface area contributed by atoms with Crippen LogP contribution >= 0.6 is 0 Å². The van der Waals surface area contributed by atoms with Crippen LogP contribution in [0.25, 0.3) is 0 Å². The number of nitrogens with zero attached hydrogens (tertiary/aromatic N) is 2. The topological polar surface area (TPSA) is 70.7 Å². The van der Waals surface area contributed by atoms with Gasteiger partial charge in [0, 0.05) is 25.2 Å². The van der Waals surface area contributed by atoms with E-state index in [2.05, 4.69) is 20.5 Å². The second-order valence-electron chi connectivity index (χ2n) is 6.03. The van der Waals surface area contributed by atoms with Crippen LogP contribution in [0.1, 0.15) is 37.1 Å². The highest BCUT2D eigenvalue weighted by atomic mass is 19.3. The molecule has 0 aliphatic heterocycles. The summed E-state index contributed by atoms with van der Waals surface area (Å²) in [5, 5.41) is 9.11. The molecular weight excluding hydrogens is 321 g/mol. The molecule has 24 heavy (non-hydrogen) atoms. The molecule has 1 aliphatic carbocycles. The molecule has 1 saturated carbocycles. The summed E-state index contributed by atoms with van der Waals surface area (Å²) in [6.07, 6.45) is 0.100. The monoisotopic (exact) mass is 338 g/mol. The lowest BCUT2D eigenvalue weighted by atomic mass is 9.86. The quantitative estimate of drug-likeness (QED) is 0.898. The first-order valence-corrected chi connectivity index (χ1v) is 7.76. The lowest BCUT2D eigenvalue weighted by Gasteiger charge is -2.26. The van der Waals surface area contributed by atoms with Crippen LogP contribution in [0.5, 0.6) is 0 Å². The minimum Gasteiger partial charge on any atom is -0.293 e. The second-order valence-corrected chi connectivity index (χ2v) is 6.03.